The molecule has 18 heavy (non-hydrogen) atoms. The molecule has 1 aromatic rings. The van der Waals surface area contributed by atoms with Gasteiger partial charge in [-0.2, -0.15) is 0 Å². The third-order valence-corrected chi connectivity index (χ3v) is 5.04. The van der Waals surface area contributed by atoms with E-state index in [9.17, 15) is 0 Å². The standard InChI is InChI=1S/C15H20BrNO/c1-18-15(7-2-8-15)10-17-14-6-3-11-9-12(16)4-5-13(11)14/h4-5,9,14,17H,2-3,6-8,10H2,1H3. The number of aryl methyl sites for hydroxylation is 1. The number of halogens is 1. The van der Waals surface area contributed by atoms with Crippen LogP contribution in [0, 0.1) is 0 Å². The normalized spacial score (nSPS) is 24.7. The molecule has 1 unspecified atom stereocenters. The van der Waals surface area contributed by atoms with E-state index in [1.54, 1.807) is 0 Å². The minimum Gasteiger partial charge on any atom is -0.377 e. The zero-order valence-electron chi connectivity index (χ0n) is 10.8. The molecule has 2 aliphatic carbocycles. The first-order chi connectivity index (χ1) is 8.72. The van der Waals surface area contributed by atoms with Gasteiger partial charge in [-0.15, -0.1) is 0 Å². The maximum Gasteiger partial charge on any atom is 0.0802 e. The third kappa shape index (κ3) is 2.24. The Labute approximate surface area is 117 Å². The lowest BCUT2D eigenvalue weighted by Crippen LogP contribution is -2.48. The summed E-state index contributed by atoms with van der Waals surface area (Å²) in [6.45, 7) is 0.990. The van der Waals surface area contributed by atoms with Crippen molar-refractivity contribution in [2.45, 2.75) is 43.7 Å². The molecule has 2 nitrogen and oxygen atoms in total. The predicted octanol–water partition coefficient (Wildman–Crippen LogP) is 3.60. The van der Waals surface area contributed by atoms with Gasteiger partial charge in [0.1, 0.15) is 0 Å². The molecular formula is C15H20BrNO. The van der Waals surface area contributed by atoms with Gasteiger partial charge in [0.25, 0.3) is 0 Å². The van der Waals surface area contributed by atoms with E-state index in [1.807, 2.05) is 7.11 Å². The fraction of sp³-hybridized carbons (Fsp3) is 0.600. The van der Waals surface area contributed by atoms with Crippen LogP contribution in [0.3, 0.4) is 0 Å². The Bertz CT molecular complexity index is 437. The lowest BCUT2D eigenvalue weighted by Gasteiger charge is -2.41. The molecular weight excluding hydrogens is 290 g/mol. The molecule has 1 atom stereocenters. The molecule has 1 aromatic carbocycles. The van der Waals surface area contributed by atoms with Crippen LogP contribution < -0.4 is 5.32 Å². The van der Waals surface area contributed by atoms with E-state index in [4.69, 9.17) is 4.74 Å². The molecule has 0 spiro atoms. The molecule has 1 fully saturated rings. The molecule has 0 amide bonds. The molecule has 0 aliphatic heterocycles. The predicted molar refractivity (Wildman–Crippen MR) is 76.8 cm³/mol. The first kappa shape index (κ1) is 12.6. The fourth-order valence-corrected chi connectivity index (χ4v) is 3.54. The Hall–Kier alpha value is -0.380. The van der Waals surface area contributed by atoms with Gasteiger partial charge >= 0.3 is 0 Å². The van der Waals surface area contributed by atoms with Crippen LogP contribution in [0.5, 0.6) is 0 Å². The second-order valence-electron chi connectivity index (χ2n) is 5.56. The molecule has 1 N–H and O–H groups in total. The van der Waals surface area contributed by atoms with Crippen LogP contribution in [-0.4, -0.2) is 19.3 Å². The van der Waals surface area contributed by atoms with Crippen molar-refractivity contribution in [1.29, 1.82) is 0 Å². The van der Waals surface area contributed by atoms with Crippen molar-refractivity contribution in [3.8, 4) is 0 Å². The third-order valence-electron chi connectivity index (χ3n) is 4.55. The molecule has 3 heteroatoms. The quantitative estimate of drug-likeness (QED) is 0.917. The summed E-state index contributed by atoms with van der Waals surface area (Å²) in [6, 6.07) is 7.17. The summed E-state index contributed by atoms with van der Waals surface area (Å²) < 4.78 is 6.86. The van der Waals surface area contributed by atoms with E-state index in [1.165, 1.54) is 47.7 Å². The minimum atomic E-state index is 0.123. The lowest BCUT2D eigenvalue weighted by atomic mass is 9.80. The number of fused-ring (bicyclic) bond motifs is 1. The van der Waals surface area contributed by atoms with Gasteiger partial charge in [-0.1, -0.05) is 22.0 Å². The van der Waals surface area contributed by atoms with E-state index >= 15 is 0 Å². The number of hydrogen-bond acceptors (Lipinski definition) is 2. The van der Waals surface area contributed by atoms with Crippen molar-refractivity contribution in [3.05, 3.63) is 33.8 Å². The van der Waals surface area contributed by atoms with Crippen LogP contribution in [0.2, 0.25) is 0 Å². The summed E-state index contributed by atoms with van der Waals surface area (Å²) in [4.78, 5) is 0. The first-order valence-corrected chi connectivity index (χ1v) is 7.59. The van der Waals surface area contributed by atoms with E-state index in [0.717, 1.165) is 6.54 Å². The second-order valence-corrected chi connectivity index (χ2v) is 6.47. The SMILES string of the molecule is COC1(CNC2CCc3cc(Br)ccc32)CCC1. The maximum absolute atomic E-state index is 5.67. The summed E-state index contributed by atoms with van der Waals surface area (Å²) in [5, 5.41) is 3.71. The van der Waals surface area contributed by atoms with Gasteiger partial charge in [0.15, 0.2) is 0 Å². The topological polar surface area (TPSA) is 21.3 Å². The van der Waals surface area contributed by atoms with Crippen LogP contribution in [0.1, 0.15) is 42.9 Å². The van der Waals surface area contributed by atoms with Gasteiger partial charge in [-0.3, -0.25) is 0 Å². The number of nitrogens with one attached hydrogen (secondary N) is 1. The summed E-state index contributed by atoms with van der Waals surface area (Å²) in [7, 11) is 1.85. The minimum absolute atomic E-state index is 0.123. The molecule has 98 valence electrons. The molecule has 3 rings (SSSR count). The molecule has 2 aliphatic rings. The van der Waals surface area contributed by atoms with Crippen molar-refractivity contribution in [3.63, 3.8) is 0 Å². The van der Waals surface area contributed by atoms with Gasteiger partial charge in [-0.05, 0) is 55.4 Å². The Morgan fingerprint density at radius 2 is 2.28 bits per heavy atom. The fourth-order valence-electron chi connectivity index (χ4n) is 3.13. The molecule has 1 saturated carbocycles. The van der Waals surface area contributed by atoms with Crippen molar-refractivity contribution >= 4 is 15.9 Å². The molecule has 0 aromatic heterocycles. The van der Waals surface area contributed by atoms with Crippen molar-refractivity contribution < 1.29 is 4.74 Å². The maximum atomic E-state index is 5.67. The number of benzene rings is 1. The van der Waals surface area contributed by atoms with Crippen LogP contribution in [-0.2, 0) is 11.2 Å². The average molecular weight is 310 g/mol. The monoisotopic (exact) mass is 309 g/mol. The van der Waals surface area contributed by atoms with Gasteiger partial charge in [0, 0.05) is 24.2 Å². The van der Waals surface area contributed by atoms with Crippen molar-refractivity contribution in [2.24, 2.45) is 0 Å². The van der Waals surface area contributed by atoms with E-state index in [0.29, 0.717) is 6.04 Å². The van der Waals surface area contributed by atoms with Crippen LogP contribution in [0.4, 0.5) is 0 Å². The highest BCUT2D eigenvalue weighted by Gasteiger charge is 2.37. The number of methoxy groups -OCH3 is 1. The zero-order chi connectivity index (χ0) is 12.6. The highest BCUT2D eigenvalue weighted by molar-refractivity contribution is 9.10. The Kier molecular flexibility index (Phi) is 3.48. The summed E-state index contributed by atoms with van der Waals surface area (Å²) in [6.07, 6.45) is 6.12. The molecule has 0 heterocycles. The second kappa shape index (κ2) is 4.95. The van der Waals surface area contributed by atoms with Crippen molar-refractivity contribution in [2.75, 3.05) is 13.7 Å². The number of ether oxygens (including phenoxy) is 1. The van der Waals surface area contributed by atoms with Crippen LogP contribution in [0.25, 0.3) is 0 Å². The van der Waals surface area contributed by atoms with Crippen molar-refractivity contribution in [1.82, 2.24) is 5.32 Å². The van der Waals surface area contributed by atoms with E-state index < -0.39 is 0 Å². The highest BCUT2D eigenvalue weighted by atomic mass is 79.9. The zero-order valence-corrected chi connectivity index (χ0v) is 12.4. The summed E-state index contributed by atoms with van der Waals surface area (Å²) >= 11 is 3.55. The number of rotatable bonds is 4. The van der Waals surface area contributed by atoms with Gasteiger partial charge in [0.2, 0.25) is 0 Å². The van der Waals surface area contributed by atoms with Gasteiger partial charge < -0.3 is 10.1 Å². The lowest BCUT2D eigenvalue weighted by molar-refractivity contribution is -0.0709. The number of hydrogen-bond donors (Lipinski definition) is 1. The van der Waals surface area contributed by atoms with E-state index in [-0.39, 0.29) is 5.60 Å². The van der Waals surface area contributed by atoms with Crippen LogP contribution in [0.15, 0.2) is 22.7 Å². The highest BCUT2D eigenvalue weighted by Crippen LogP contribution is 2.37. The van der Waals surface area contributed by atoms with Crippen LogP contribution >= 0.6 is 15.9 Å². The first-order valence-electron chi connectivity index (χ1n) is 6.79. The smallest absolute Gasteiger partial charge is 0.0802 e. The Balaban J connectivity index is 1.66. The summed E-state index contributed by atoms with van der Waals surface area (Å²) in [5.74, 6) is 0. The largest absolute Gasteiger partial charge is 0.377 e. The van der Waals surface area contributed by atoms with Gasteiger partial charge in [-0.25, -0.2) is 0 Å². The van der Waals surface area contributed by atoms with E-state index in [2.05, 4.69) is 39.4 Å². The average Bonchev–Trinajstić information content (AvgIpc) is 2.71. The Morgan fingerprint density at radius 3 is 2.94 bits per heavy atom. The van der Waals surface area contributed by atoms with Gasteiger partial charge in [0.05, 0.1) is 5.60 Å². The molecule has 0 bridgehead atoms. The Morgan fingerprint density at radius 1 is 1.44 bits per heavy atom. The summed E-state index contributed by atoms with van der Waals surface area (Å²) in [5.41, 5.74) is 3.09. The molecule has 0 radical (unpaired) electrons. The molecule has 0 saturated heterocycles.